The molecule has 0 bridgehead atoms. The second-order valence-electron chi connectivity index (χ2n) is 3.41. The lowest BCUT2D eigenvalue weighted by Gasteiger charge is -1.98. The Labute approximate surface area is 125 Å². The van der Waals surface area contributed by atoms with Crippen molar-refractivity contribution in [1.29, 1.82) is 0 Å². The van der Waals surface area contributed by atoms with Crippen LogP contribution in [0, 0.1) is 10.1 Å². The van der Waals surface area contributed by atoms with Crippen molar-refractivity contribution in [1.82, 2.24) is 4.98 Å². The Morgan fingerprint density at radius 1 is 1.10 bits per heavy atom. The predicted octanol–water partition coefficient (Wildman–Crippen LogP) is 2.74. The maximum atomic E-state index is 8.36. The molecule has 10 heteroatoms. The molecule has 0 aliphatic rings. The van der Waals surface area contributed by atoms with E-state index >= 15 is 0 Å². The van der Waals surface area contributed by atoms with E-state index in [1.165, 1.54) is 0 Å². The first-order valence-corrected chi connectivity index (χ1v) is 5.31. The van der Waals surface area contributed by atoms with Crippen molar-refractivity contribution < 1.29 is 10.3 Å². The van der Waals surface area contributed by atoms with Crippen molar-refractivity contribution in [2.24, 2.45) is 10.2 Å². The minimum Gasteiger partial charge on any atom is -0.384 e. The number of rotatable bonds is 2. The molecule has 9 nitrogen and oxygen atoms in total. The van der Waals surface area contributed by atoms with Crippen molar-refractivity contribution in [2.45, 2.75) is 0 Å². The van der Waals surface area contributed by atoms with Gasteiger partial charge in [-0.3, -0.25) is 0 Å². The van der Waals surface area contributed by atoms with Gasteiger partial charge in [-0.1, -0.05) is 18.2 Å². The maximum absolute atomic E-state index is 8.36. The van der Waals surface area contributed by atoms with Gasteiger partial charge in [0.1, 0.15) is 11.5 Å². The Morgan fingerprint density at radius 3 is 2.19 bits per heavy atom. The lowest BCUT2D eigenvalue weighted by molar-refractivity contribution is -0.742. The molecule has 0 saturated heterocycles. The first kappa shape index (κ1) is 18.1. The third-order valence-corrected chi connectivity index (χ3v) is 1.95. The van der Waals surface area contributed by atoms with E-state index in [0.29, 0.717) is 11.5 Å². The molecule has 0 saturated carbocycles. The summed E-state index contributed by atoms with van der Waals surface area (Å²) in [6.45, 7) is 0. The second-order valence-corrected chi connectivity index (χ2v) is 3.41. The zero-order valence-corrected chi connectivity index (χ0v) is 11.5. The van der Waals surface area contributed by atoms with Crippen LogP contribution in [-0.2, 0) is 0 Å². The predicted molar refractivity (Wildman–Crippen MR) is 79.7 cm³/mol. The van der Waals surface area contributed by atoms with Gasteiger partial charge in [0.2, 0.25) is 0 Å². The Hall–Kier alpha value is -2.94. The molecule has 5 N–H and O–H groups in total. The second kappa shape index (κ2) is 9.04. The summed E-state index contributed by atoms with van der Waals surface area (Å²) in [4.78, 5) is 12.2. The number of nitrogen functional groups attached to an aromatic ring is 2. The van der Waals surface area contributed by atoms with E-state index in [1.54, 1.807) is 12.1 Å². The van der Waals surface area contributed by atoms with Crippen LogP contribution in [0.1, 0.15) is 0 Å². The maximum Gasteiger partial charge on any atom is 0.291 e. The number of pyridine rings is 1. The molecular formula is C11H13ClN6O3. The van der Waals surface area contributed by atoms with E-state index < -0.39 is 5.09 Å². The summed E-state index contributed by atoms with van der Waals surface area (Å²) >= 11 is 0. The lowest BCUT2D eigenvalue weighted by Crippen LogP contribution is -1.95. The Balaban J connectivity index is 0.000000715. The highest BCUT2D eigenvalue weighted by Crippen LogP contribution is 2.23. The molecule has 0 amide bonds. The third kappa shape index (κ3) is 7.28. The molecule has 0 aliphatic carbocycles. The summed E-state index contributed by atoms with van der Waals surface area (Å²) in [7, 11) is 0. The van der Waals surface area contributed by atoms with Gasteiger partial charge in [-0.05, 0) is 24.3 Å². The van der Waals surface area contributed by atoms with Gasteiger partial charge in [-0.25, -0.2) is 4.98 Å². The normalized spacial score (nSPS) is 9.33. The average Bonchev–Trinajstić information content (AvgIpc) is 2.38. The van der Waals surface area contributed by atoms with E-state index in [-0.39, 0.29) is 18.2 Å². The number of nitrogens with two attached hydrogens (primary N) is 2. The summed E-state index contributed by atoms with van der Waals surface area (Å²) in [5, 5.41) is 21.7. The monoisotopic (exact) mass is 312 g/mol. The van der Waals surface area contributed by atoms with Crippen LogP contribution in [-0.4, -0.2) is 15.3 Å². The quantitative estimate of drug-likeness (QED) is 0.440. The molecule has 0 unspecified atom stereocenters. The van der Waals surface area contributed by atoms with Crippen LogP contribution < -0.4 is 11.5 Å². The van der Waals surface area contributed by atoms with Crippen molar-refractivity contribution >= 4 is 35.4 Å². The van der Waals surface area contributed by atoms with Crippen LogP contribution in [0.5, 0.6) is 0 Å². The molecule has 0 aliphatic heterocycles. The molecule has 0 atom stereocenters. The number of hydrogen-bond acceptors (Lipinski definition) is 7. The highest BCUT2D eigenvalue weighted by atomic mass is 35.5. The molecule has 1 heterocycles. The van der Waals surface area contributed by atoms with Crippen LogP contribution >= 0.6 is 12.4 Å². The molecule has 2 rings (SSSR count). The van der Waals surface area contributed by atoms with Crippen molar-refractivity contribution in [2.75, 3.05) is 11.5 Å². The minimum absolute atomic E-state index is 0. The smallest absolute Gasteiger partial charge is 0.291 e. The first-order chi connectivity index (χ1) is 9.49. The number of nitrogens with zero attached hydrogens (tertiary/aromatic N) is 4. The molecule has 112 valence electrons. The van der Waals surface area contributed by atoms with Gasteiger partial charge in [-0.15, -0.1) is 27.6 Å². The number of anilines is 2. The van der Waals surface area contributed by atoms with Crippen molar-refractivity contribution in [3.8, 4) is 0 Å². The van der Waals surface area contributed by atoms with Crippen LogP contribution in [0.15, 0.2) is 52.7 Å². The van der Waals surface area contributed by atoms with E-state index in [0.717, 1.165) is 5.69 Å². The first-order valence-electron chi connectivity index (χ1n) is 5.31. The topological polar surface area (TPSA) is 153 Å². The van der Waals surface area contributed by atoms with Gasteiger partial charge >= 0.3 is 0 Å². The van der Waals surface area contributed by atoms with Crippen molar-refractivity contribution in [3.63, 3.8) is 0 Å². The summed E-state index contributed by atoms with van der Waals surface area (Å²) in [6.07, 6.45) is 0. The van der Waals surface area contributed by atoms with Crippen LogP contribution in [0.2, 0.25) is 0 Å². The van der Waals surface area contributed by atoms with E-state index in [1.807, 2.05) is 30.3 Å². The zero-order valence-electron chi connectivity index (χ0n) is 10.7. The third-order valence-electron chi connectivity index (χ3n) is 1.95. The summed E-state index contributed by atoms with van der Waals surface area (Å²) < 4.78 is 0. The Morgan fingerprint density at radius 2 is 1.67 bits per heavy atom. The van der Waals surface area contributed by atoms with Crippen LogP contribution in [0.4, 0.5) is 23.0 Å². The zero-order chi connectivity index (χ0) is 15.0. The number of hydrogen-bond donors (Lipinski definition) is 3. The van der Waals surface area contributed by atoms with Crippen LogP contribution in [0.3, 0.4) is 0 Å². The summed E-state index contributed by atoms with van der Waals surface area (Å²) in [6, 6.07) is 12.7. The molecule has 21 heavy (non-hydrogen) atoms. The van der Waals surface area contributed by atoms with Crippen LogP contribution in [0.25, 0.3) is 0 Å². The number of benzene rings is 1. The van der Waals surface area contributed by atoms with Gasteiger partial charge in [-0.2, -0.15) is 5.11 Å². The highest BCUT2D eigenvalue weighted by Gasteiger charge is 1.98. The van der Waals surface area contributed by atoms with Gasteiger partial charge in [0.15, 0.2) is 5.82 Å². The molecule has 1 aromatic carbocycles. The molecule has 0 radical (unpaired) electrons. The SMILES string of the molecule is Cl.Nc1ccc(/N=N/c2ccccc2)c(N)n1.O=[N+]([O-])O. The molecule has 0 fully saturated rings. The van der Waals surface area contributed by atoms with E-state index in [2.05, 4.69) is 15.2 Å². The van der Waals surface area contributed by atoms with Crippen molar-refractivity contribution in [3.05, 3.63) is 52.6 Å². The Bertz CT molecular complexity index is 604. The highest BCUT2D eigenvalue weighted by molar-refractivity contribution is 5.85. The fraction of sp³-hybridized carbons (Fsp3) is 0. The Kier molecular flexibility index (Phi) is 7.78. The fourth-order valence-corrected chi connectivity index (χ4v) is 1.17. The average molecular weight is 313 g/mol. The number of halogens is 1. The van der Waals surface area contributed by atoms with Gasteiger partial charge < -0.3 is 16.7 Å². The molecule has 2 aromatic rings. The van der Waals surface area contributed by atoms with Gasteiger partial charge in [0, 0.05) is 0 Å². The van der Waals surface area contributed by atoms with Gasteiger partial charge in [0.05, 0.1) is 5.69 Å². The number of aromatic nitrogens is 1. The largest absolute Gasteiger partial charge is 0.384 e. The fourth-order valence-electron chi connectivity index (χ4n) is 1.17. The molecular weight excluding hydrogens is 300 g/mol. The summed E-state index contributed by atoms with van der Waals surface area (Å²) in [5.74, 6) is 0.649. The van der Waals surface area contributed by atoms with E-state index in [4.69, 9.17) is 26.8 Å². The minimum atomic E-state index is -1.50. The standard InChI is InChI=1S/C11H11N5.ClH.HNO3/c12-10-7-6-9(11(13)14-10)16-15-8-4-2-1-3-5-8;;2-1(3)4/h1-7H,(H4,12,13,14);1H;(H,2,3,4)/b16-15+;;. The number of azo groups is 1. The lowest BCUT2D eigenvalue weighted by atomic mass is 10.3. The molecule has 0 spiro atoms. The summed E-state index contributed by atoms with van der Waals surface area (Å²) in [5.41, 5.74) is 12.4. The van der Waals surface area contributed by atoms with Gasteiger partial charge in [0.25, 0.3) is 5.09 Å². The van der Waals surface area contributed by atoms with E-state index in [9.17, 15) is 0 Å². The molecule has 1 aromatic heterocycles.